The number of H-pyrrole nitrogens is 2. The van der Waals surface area contributed by atoms with E-state index in [-0.39, 0.29) is 11.9 Å². The minimum absolute atomic E-state index is 0.0273. The van der Waals surface area contributed by atoms with Crippen molar-refractivity contribution < 1.29 is 4.79 Å². The lowest BCUT2D eigenvalue weighted by Crippen LogP contribution is -2.39. The monoisotopic (exact) mass is 274 g/mol. The van der Waals surface area contributed by atoms with Crippen LogP contribution in [0.4, 0.5) is 0 Å². The third kappa shape index (κ3) is 2.31. The predicted octanol–water partition coefficient (Wildman–Crippen LogP) is 1.46. The molecule has 7 nitrogen and oxygen atoms in total. The number of carbonyl (C=O) groups excluding carboxylic acids is 1. The Morgan fingerprint density at radius 2 is 2.35 bits per heavy atom. The van der Waals surface area contributed by atoms with Gasteiger partial charge in [-0.2, -0.15) is 10.2 Å². The molecule has 3 rings (SSSR count). The van der Waals surface area contributed by atoms with E-state index in [4.69, 9.17) is 0 Å². The van der Waals surface area contributed by atoms with Gasteiger partial charge in [0.25, 0.3) is 5.91 Å². The molecule has 0 spiro atoms. The highest BCUT2D eigenvalue weighted by Crippen LogP contribution is 2.29. The smallest absolute Gasteiger partial charge is 0.274 e. The zero-order valence-electron chi connectivity index (χ0n) is 11.5. The topological polar surface area (TPSA) is 90.6 Å². The first-order chi connectivity index (χ1) is 9.79. The number of nitrogens with zero attached hydrogens (tertiary/aromatic N) is 4. The molecule has 0 aromatic carbocycles. The summed E-state index contributed by atoms with van der Waals surface area (Å²) in [5.41, 5.74) is 1.45. The van der Waals surface area contributed by atoms with Gasteiger partial charge >= 0.3 is 0 Å². The van der Waals surface area contributed by atoms with Crippen LogP contribution in [-0.4, -0.2) is 42.7 Å². The summed E-state index contributed by atoms with van der Waals surface area (Å²) in [5, 5.41) is 13.8. The molecule has 106 valence electrons. The first-order valence-corrected chi connectivity index (χ1v) is 7.00. The second kappa shape index (κ2) is 5.44. The number of aromatic amines is 2. The van der Waals surface area contributed by atoms with Gasteiger partial charge in [0, 0.05) is 12.2 Å². The van der Waals surface area contributed by atoms with Gasteiger partial charge in [-0.25, -0.2) is 4.98 Å². The number of hydrogen-bond acceptors (Lipinski definition) is 4. The summed E-state index contributed by atoms with van der Waals surface area (Å²) in [4.78, 5) is 18.7. The maximum Gasteiger partial charge on any atom is 0.274 e. The maximum absolute atomic E-state index is 12.6. The molecule has 1 amide bonds. The first kappa shape index (κ1) is 12.8. The van der Waals surface area contributed by atoms with Crippen molar-refractivity contribution in [1.82, 2.24) is 30.3 Å². The molecular weight excluding hydrogens is 256 g/mol. The fourth-order valence-corrected chi connectivity index (χ4v) is 2.63. The van der Waals surface area contributed by atoms with Crippen molar-refractivity contribution in [2.75, 3.05) is 6.54 Å². The number of amides is 1. The number of aryl methyl sites for hydroxylation is 1. The Morgan fingerprint density at radius 1 is 1.45 bits per heavy atom. The van der Waals surface area contributed by atoms with Gasteiger partial charge in [0.15, 0.2) is 0 Å². The van der Waals surface area contributed by atoms with E-state index in [1.165, 1.54) is 6.33 Å². The molecule has 0 bridgehead atoms. The average molecular weight is 274 g/mol. The Bertz CT molecular complexity index is 575. The Balaban J connectivity index is 1.84. The average Bonchev–Trinajstić information content (AvgIpc) is 3.17. The van der Waals surface area contributed by atoms with E-state index in [1.807, 2.05) is 17.9 Å². The van der Waals surface area contributed by atoms with Gasteiger partial charge < -0.3 is 4.90 Å². The molecule has 0 radical (unpaired) electrons. The van der Waals surface area contributed by atoms with E-state index in [9.17, 15) is 4.79 Å². The van der Waals surface area contributed by atoms with E-state index in [2.05, 4.69) is 25.4 Å². The summed E-state index contributed by atoms with van der Waals surface area (Å²) >= 11 is 0. The van der Waals surface area contributed by atoms with Crippen molar-refractivity contribution in [3.8, 4) is 0 Å². The quantitative estimate of drug-likeness (QED) is 0.886. The number of piperidine rings is 1. The lowest BCUT2D eigenvalue weighted by Gasteiger charge is -2.33. The number of nitrogens with one attached hydrogen (secondary N) is 2. The van der Waals surface area contributed by atoms with Gasteiger partial charge in [0.05, 0.1) is 6.04 Å². The maximum atomic E-state index is 12.6. The van der Waals surface area contributed by atoms with Crippen molar-refractivity contribution in [2.24, 2.45) is 0 Å². The van der Waals surface area contributed by atoms with Crippen LogP contribution < -0.4 is 0 Å². The number of hydrogen-bond donors (Lipinski definition) is 2. The molecule has 2 N–H and O–H groups in total. The van der Waals surface area contributed by atoms with E-state index < -0.39 is 0 Å². The zero-order valence-corrected chi connectivity index (χ0v) is 11.5. The van der Waals surface area contributed by atoms with Crippen molar-refractivity contribution in [1.29, 1.82) is 0 Å². The summed E-state index contributed by atoms with van der Waals surface area (Å²) in [6, 6.07) is 1.80. The lowest BCUT2D eigenvalue weighted by atomic mass is 10.0. The number of carbonyl (C=O) groups is 1. The van der Waals surface area contributed by atoms with Crippen LogP contribution in [0.2, 0.25) is 0 Å². The normalized spacial score (nSPS) is 19.2. The van der Waals surface area contributed by atoms with Crippen LogP contribution in [-0.2, 0) is 6.42 Å². The third-order valence-corrected chi connectivity index (χ3v) is 3.74. The molecular formula is C13H18N6O. The van der Waals surface area contributed by atoms with Crippen LogP contribution in [0.15, 0.2) is 12.4 Å². The minimum atomic E-state index is -0.0398. The summed E-state index contributed by atoms with van der Waals surface area (Å²) in [6.07, 6.45) is 5.34. The molecule has 1 atom stereocenters. The van der Waals surface area contributed by atoms with Crippen molar-refractivity contribution in [3.63, 3.8) is 0 Å². The Morgan fingerprint density at radius 3 is 3.05 bits per heavy atom. The molecule has 7 heteroatoms. The number of rotatable bonds is 3. The molecule has 1 aliphatic rings. The first-order valence-electron chi connectivity index (χ1n) is 7.00. The Labute approximate surface area is 116 Å². The van der Waals surface area contributed by atoms with Crippen LogP contribution in [0.25, 0.3) is 0 Å². The van der Waals surface area contributed by atoms with Crippen LogP contribution in [0.3, 0.4) is 0 Å². The highest BCUT2D eigenvalue weighted by atomic mass is 16.2. The molecule has 1 saturated heterocycles. The molecule has 0 aliphatic carbocycles. The van der Waals surface area contributed by atoms with Gasteiger partial charge in [-0.3, -0.25) is 15.0 Å². The standard InChI is InChI=1S/C13H18N6O/c1-2-9-7-10(17-16-9)13(20)19-6-4-3-5-11(19)12-14-8-15-18-12/h7-8,11H,2-6H2,1H3,(H,16,17)(H,14,15,18). The Hall–Kier alpha value is -2.18. The highest BCUT2D eigenvalue weighted by molar-refractivity contribution is 5.92. The molecule has 2 aromatic rings. The second-order valence-corrected chi connectivity index (χ2v) is 5.01. The summed E-state index contributed by atoms with van der Waals surface area (Å²) in [6.45, 7) is 2.76. The highest BCUT2D eigenvalue weighted by Gasteiger charge is 2.31. The fourth-order valence-electron chi connectivity index (χ4n) is 2.63. The molecule has 1 fully saturated rings. The second-order valence-electron chi connectivity index (χ2n) is 5.01. The molecule has 3 heterocycles. The van der Waals surface area contributed by atoms with Gasteiger partial charge in [-0.15, -0.1) is 0 Å². The van der Waals surface area contributed by atoms with Gasteiger partial charge in [0.1, 0.15) is 17.8 Å². The molecule has 2 aromatic heterocycles. The van der Waals surface area contributed by atoms with Gasteiger partial charge in [-0.05, 0) is 31.7 Å². The van der Waals surface area contributed by atoms with Crippen molar-refractivity contribution >= 4 is 5.91 Å². The molecule has 1 unspecified atom stereocenters. The third-order valence-electron chi connectivity index (χ3n) is 3.74. The summed E-state index contributed by atoms with van der Waals surface area (Å²) < 4.78 is 0. The largest absolute Gasteiger partial charge is 0.327 e. The van der Waals surface area contributed by atoms with E-state index in [0.717, 1.165) is 43.7 Å². The van der Waals surface area contributed by atoms with E-state index >= 15 is 0 Å². The molecule has 0 saturated carbocycles. The van der Waals surface area contributed by atoms with Gasteiger partial charge in [0.2, 0.25) is 0 Å². The molecule has 20 heavy (non-hydrogen) atoms. The Kier molecular flexibility index (Phi) is 3.49. The summed E-state index contributed by atoms with van der Waals surface area (Å²) in [5.74, 6) is 0.714. The fraction of sp³-hybridized carbons (Fsp3) is 0.538. The number of aromatic nitrogens is 5. The lowest BCUT2D eigenvalue weighted by molar-refractivity contribution is 0.0594. The van der Waals surface area contributed by atoms with Crippen molar-refractivity contribution in [3.05, 3.63) is 29.6 Å². The molecule has 1 aliphatic heterocycles. The SMILES string of the molecule is CCc1cc(C(=O)N2CCCCC2c2ncn[nH]2)n[nH]1. The van der Waals surface area contributed by atoms with Crippen LogP contribution in [0.1, 0.15) is 54.2 Å². The summed E-state index contributed by atoms with van der Waals surface area (Å²) in [7, 11) is 0. The number of likely N-dealkylation sites (tertiary alicyclic amines) is 1. The van der Waals surface area contributed by atoms with Crippen LogP contribution in [0.5, 0.6) is 0 Å². The van der Waals surface area contributed by atoms with E-state index in [0.29, 0.717) is 5.69 Å². The van der Waals surface area contributed by atoms with Crippen LogP contribution >= 0.6 is 0 Å². The van der Waals surface area contributed by atoms with Crippen LogP contribution in [0, 0.1) is 0 Å². The zero-order chi connectivity index (χ0) is 13.9. The van der Waals surface area contributed by atoms with Gasteiger partial charge in [-0.1, -0.05) is 6.92 Å². The predicted molar refractivity (Wildman–Crippen MR) is 72.0 cm³/mol. The van der Waals surface area contributed by atoms with E-state index in [1.54, 1.807) is 0 Å². The minimum Gasteiger partial charge on any atom is -0.327 e. The van der Waals surface area contributed by atoms with Crippen molar-refractivity contribution in [2.45, 2.75) is 38.6 Å².